The van der Waals surface area contributed by atoms with Crippen molar-refractivity contribution in [1.82, 2.24) is 14.8 Å². The third kappa shape index (κ3) is 4.16. The number of ether oxygens (including phenoxy) is 2. The summed E-state index contributed by atoms with van der Waals surface area (Å²) in [4.78, 5) is 17.0. The Balaban J connectivity index is 1.68. The maximum atomic E-state index is 12.9. The Hall–Kier alpha value is -3.93. The predicted octanol–water partition coefficient (Wildman–Crippen LogP) is 4.30. The molecule has 6 heteroatoms. The highest BCUT2D eigenvalue weighted by molar-refractivity contribution is 5.96. The van der Waals surface area contributed by atoms with Crippen LogP contribution in [0.25, 0.3) is 16.9 Å². The van der Waals surface area contributed by atoms with E-state index in [4.69, 9.17) is 9.47 Å². The summed E-state index contributed by atoms with van der Waals surface area (Å²) >= 11 is 0. The first-order valence-corrected chi connectivity index (χ1v) is 9.11. The molecule has 144 valence electrons. The Morgan fingerprint density at radius 1 is 0.966 bits per heavy atom. The van der Waals surface area contributed by atoms with Gasteiger partial charge >= 0.3 is 5.97 Å². The zero-order valence-corrected chi connectivity index (χ0v) is 15.9. The van der Waals surface area contributed by atoms with Gasteiger partial charge in [0.05, 0.1) is 18.5 Å². The van der Waals surface area contributed by atoms with Gasteiger partial charge < -0.3 is 9.47 Å². The molecule has 29 heavy (non-hydrogen) atoms. The van der Waals surface area contributed by atoms with E-state index in [2.05, 4.69) is 10.1 Å². The highest BCUT2D eigenvalue weighted by atomic mass is 16.5. The molecule has 4 aromatic rings. The lowest BCUT2D eigenvalue weighted by Crippen LogP contribution is -2.06. The van der Waals surface area contributed by atoms with Crippen molar-refractivity contribution >= 4 is 5.97 Å². The van der Waals surface area contributed by atoms with Gasteiger partial charge in [-0.15, -0.1) is 0 Å². The lowest BCUT2D eigenvalue weighted by molar-refractivity contribution is 0.0468. The van der Waals surface area contributed by atoms with Gasteiger partial charge in [0.15, 0.2) is 0 Å². The maximum Gasteiger partial charge on any atom is 0.342 e. The summed E-state index contributed by atoms with van der Waals surface area (Å²) in [5.41, 5.74) is 3.26. The molecule has 0 fully saturated rings. The van der Waals surface area contributed by atoms with Crippen LogP contribution in [0.1, 0.15) is 16.1 Å². The molecule has 0 aliphatic heterocycles. The van der Waals surface area contributed by atoms with Crippen LogP contribution in [0, 0.1) is 0 Å². The third-order valence-electron chi connectivity index (χ3n) is 4.40. The van der Waals surface area contributed by atoms with Gasteiger partial charge in [-0.1, -0.05) is 24.3 Å². The first kappa shape index (κ1) is 18.4. The molecule has 0 spiro atoms. The second kappa shape index (κ2) is 8.39. The minimum Gasteiger partial charge on any atom is -0.497 e. The summed E-state index contributed by atoms with van der Waals surface area (Å²) in [5, 5.41) is 4.64. The molecule has 0 aliphatic carbocycles. The number of esters is 1. The predicted molar refractivity (Wildman–Crippen MR) is 109 cm³/mol. The van der Waals surface area contributed by atoms with Crippen LogP contribution in [0.3, 0.4) is 0 Å². The van der Waals surface area contributed by atoms with E-state index in [9.17, 15) is 4.79 Å². The summed E-state index contributed by atoms with van der Waals surface area (Å²) < 4.78 is 12.4. The van der Waals surface area contributed by atoms with Gasteiger partial charge in [-0.3, -0.25) is 4.98 Å². The minimum atomic E-state index is -0.455. The molecule has 0 saturated carbocycles. The first-order valence-electron chi connectivity index (χ1n) is 9.11. The second-order valence-electron chi connectivity index (χ2n) is 6.30. The molecule has 0 bridgehead atoms. The van der Waals surface area contributed by atoms with Crippen molar-refractivity contribution in [2.24, 2.45) is 0 Å². The summed E-state index contributed by atoms with van der Waals surface area (Å²) in [6, 6.07) is 22.5. The first-order chi connectivity index (χ1) is 14.2. The Bertz CT molecular complexity index is 1090. The molecule has 0 amide bonds. The average Bonchev–Trinajstić information content (AvgIpc) is 3.24. The Morgan fingerprint density at radius 3 is 2.41 bits per heavy atom. The van der Waals surface area contributed by atoms with Gasteiger partial charge in [0.1, 0.15) is 23.6 Å². The van der Waals surface area contributed by atoms with Crippen molar-refractivity contribution in [2.45, 2.75) is 6.61 Å². The number of hydrogen-bond acceptors (Lipinski definition) is 5. The number of carbonyl (C=O) groups excluding carboxylic acids is 1. The number of pyridine rings is 1. The van der Waals surface area contributed by atoms with E-state index in [0.29, 0.717) is 17.0 Å². The summed E-state index contributed by atoms with van der Waals surface area (Å²) in [6.07, 6.45) is 3.36. The summed E-state index contributed by atoms with van der Waals surface area (Å²) in [7, 11) is 1.61. The fourth-order valence-corrected chi connectivity index (χ4v) is 2.90. The van der Waals surface area contributed by atoms with Crippen LogP contribution >= 0.6 is 0 Å². The van der Waals surface area contributed by atoms with E-state index in [-0.39, 0.29) is 6.61 Å². The number of carbonyl (C=O) groups is 1. The minimum absolute atomic E-state index is 0.0955. The highest BCUT2D eigenvalue weighted by Gasteiger charge is 2.20. The quantitative estimate of drug-likeness (QED) is 0.463. The number of methoxy groups -OCH3 is 1. The highest BCUT2D eigenvalue weighted by Crippen LogP contribution is 2.26. The molecule has 0 radical (unpaired) electrons. The standard InChI is InChI=1S/C23H19N3O3/c1-28-20-12-10-17(11-13-20)22-21(15-26(25-22)19-8-3-2-4-9-19)23(27)29-16-18-7-5-6-14-24-18/h2-15H,16H2,1H3. The lowest BCUT2D eigenvalue weighted by atomic mass is 10.1. The van der Waals surface area contributed by atoms with Crippen LogP contribution in [0.15, 0.2) is 85.2 Å². The van der Waals surface area contributed by atoms with Gasteiger partial charge in [-0.2, -0.15) is 5.10 Å². The number of hydrogen-bond donors (Lipinski definition) is 0. The molecule has 2 aromatic carbocycles. The fourth-order valence-electron chi connectivity index (χ4n) is 2.90. The fraction of sp³-hybridized carbons (Fsp3) is 0.0870. The van der Waals surface area contributed by atoms with Gasteiger partial charge in [-0.05, 0) is 48.5 Å². The smallest absolute Gasteiger partial charge is 0.342 e. The van der Waals surface area contributed by atoms with E-state index in [0.717, 1.165) is 17.0 Å². The molecule has 4 rings (SSSR count). The Morgan fingerprint density at radius 2 is 1.72 bits per heavy atom. The van der Waals surface area contributed by atoms with Gasteiger partial charge in [0, 0.05) is 18.0 Å². The van der Waals surface area contributed by atoms with E-state index >= 15 is 0 Å². The molecule has 0 unspecified atom stereocenters. The summed E-state index contributed by atoms with van der Waals surface area (Å²) in [6.45, 7) is 0.0955. The average molecular weight is 385 g/mol. The number of benzene rings is 2. The molecule has 0 atom stereocenters. The summed E-state index contributed by atoms with van der Waals surface area (Å²) in [5.74, 6) is 0.277. The molecule has 2 heterocycles. The van der Waals surface area contributed by atoms with Crippen molar-refractivity contribution < 1.29 is 14.3 Å². The van der Waals surface area contributed by atoms with Gasteiger partial charge in [0.2, 0.25) is 0 Å². The van der Waals surface area contributed by atoms with Crippen LogP contribution < -0.4 is 4.74 Å². The van der Waals surface area contributed by atoms with Crippen LogP contribution in [0.2, 0.25) is 0 Å². The zero-order chi connectivity index (χ0) is 20.1. The third-order valence-corrected chi connectivity index (χ3v) is 4.40. The molecule has 2 aromatic heterocycles. The number of rotatable bonds is 6. The van der Waals surface area contributed by atoms with Crippen LogP contribution in [0.4, 0.5) is 0 Å². The Kier molecular flexibility index (Phi) is 5.33. The second-order valence-corrected chi connectivity index (χ2v) is 6.30. The van der Waals surface area contributed by atoms with Crippen LogP contribution in [0.5, 0.6) is 5.75 Å². The van der Waals surface area contributed by atoms with E-state index in [1.807, 2.05) is 72.8 Å². The topological polar surface area (TPSA) is 66.2 Å². The van der Waals surface area contributed by atoms with Crippen molar-refractivity contribution in [2.75, 3.05) is 7.11 Å². The normalized spacial score (nSPS) is 10.5. The monoisotopic (exact) mass is 385 g/mol. The largest absolute Gasteiger partial charge is 0.497 e. The van der Waals surface area contributed by atoms with Crippen LogP contribution in [-0.4, -0.2) is 27.8 Å². The van der Waals surface area contributed by atoms with E-state index in [1.54, 1.807) is 24.2 Å². The number of aromatic nitrogens is 3. The Labute approximate surface area is 168 Å². The van der Waals surface area contributed by atoms with E-state index < -0.39 is 5.97 Å². The molecule has 0 aliphatic rings. The van der Waals surface area contributed by atoms with Crippen molar-refractivity contribution in [1.29, 1.82) is 0 Å². The molecule has 0 saturated heterocycles. The number of nitrogens with zero attached hydrogens (tertiary/aromatic N) is 3. The molecular weight excluding hydrogens is 366 g/mol. The molecule has 0 N–H and O–H groups in total. The van der Waals surface area contributed by atoms with Crippen molar-refractivity contribution in [3.05, 3.63) is 96.4 Å². The van der Waals surface area contributed by atoms with Gasteiger partial charge in [0.25, 0.3) is 0 Å². The van der Waals surface area contributed by atoms with E-state index in [1.165, 1.54) is 0 Å². The zero-order valence-electron chi connectivity index (χ0n) is 15.9. The SMILES string of the molecule is COc1ccc(-c2nn(-c3ccccc3)cc2C(=O)OCc2ccccn2)cc1. The maximum absolute atomic E-state index is 12.9. The van der Waals surface area contributed by atoms with Crippen molar-refractivity contribution in [3.8, 4) is 22.7 Å². The number of para-hydroxylation sites is 1. The molecular formula is C23H19N3O3. The van der Waals surface area contributed by atoms with Crippen molar-refractivity contribution in [3.63, 3.8) is 0 Å². The van der Waals surface area contributed by atoms with Crippen LogP contribution in [-0.2, 0) is 11.3 Å². The lowest BCUT2D eigenvalue weighted by Gasteiger charge is -2.05. The van der Waals surface area contributed by atoms with Gasteiger partial charge in [-0.25, -0.2) is 9.48 Å². The molecule has 6 nitrogen and oxygen atoms in total.